The first-order chi connectivity index (χ1) is 8.67. The van der Waals surface area contributed by atoms with Crippen molar-refractivity contribution >= 4 is 11.3 Å². The molecule has 1 atom stereocenters. The van der Waals surface area contributed by atoms with Crippen LogP contribution in [-0.2, 0) is 6.54 Å². The van der Waals surface area contributed by atoms with E-state index in [4.69, 9.17) is 0 Å². The molecule has 2 aliphatic rings. The number of aromatic nitrogens is 1. The average molecular weight is 265 g/mol. The van der Waals surface area contributed by atoms with Gasteiger partial charge in [-0.05, 0) is 51.6 Å². The van der Waals surface area contributed by atoms with Crippen molar-refractivity contribution in [2.45, 2.75) is 39.7 Å². The summed E-state index contributed by atoms with van der Waals surface area (Å²) in [5, 5.41) is 4.75. The van der Waals surface area contributed by atoms with Gasteiger partial charge in [-0.25, -0.2) is 4.98 Å². The maximum absolute atomic E-state index is 4.55. The highest BCUT2D eigenvalue weighted by molar-refractivity contribution is 7.11. The highest BCUT2D eigenvalue weighted by Gasteiger charge is 2.37. The van der Waals surface area contributed by atoms with Crippen LogP contribution in [0.3, 0.4) is 0 Å². The van der Waals surface area contributed by atoms with Crippen molar-refractivity contribution < 1.29 is 0 Å². The summed E-state index contributed by atoms with van der Waals surface area (Å²) in [6.45, 7) is 10.3. The van der Waals surface area contributed by atoms with Crippen LogP contribution in [0.1, 0.15) is 34.8 Å². The summed E-state index contributed by atoms with van der Waals surface area (Å²) in [7, 11) is 0. The molecule has 0 bridgehead atoms. The van der Waals surface area contributed by atoms with Gasteiger partial charge in [-0.15, -0.1) is 11.3 Å². The fourth-order valence-corrected chi connectivity index (χ4v) is 4.49. The van der Waals surface area contributed by atoms with Crippen LogP contribution in [0.25, 0.3) is 0 Å². The van der Waals surface area contributed by atoms with Gasteiger partial charge in [0, 0.05) is 24.5 Å². The Morgan fingerprint density at radius 2 is 2.28 bits per heavy atom. The normalized spacial score (nSPS) is 29.2. The highest BCUT2D eigenvalue weighted by atomic mass is 32.1. The van der Waals surface area contributed by atoms with Crippen molar-refractivity contribution in [3.05, 3.63) is 15.6 Å². The molecule has 1 aromatic heterocycles. The van der Waals surface area contributed by atoms with E-state index >= 15 is 0 Å². The summed E-state index contributed by atoms with van der Waals surface area (Å²) >= 11 is 1.87. The molecule has 2 aliphatic heterocycles. The second-order valence-electron chi connectivity index (χ2n) is 5.98. The molecule has 1 N–H and O–H groups in total. The Balaban J connectivity index is 1.67. The molecule has 1 spiro atoms. The van der Waals surface area contributed by atoms with E-state index in [0.29, 0.717) is 5.41 Å². The second kappa shape index (κ2) is 4.91. The van der Waals surface area contributed by atoms with E-state index in [-0.39, 0.29) is 0 Å². The molecule has 0 aromatic carbocycles. The smallest absolute Gasteiger partial charge is 0.0900 e. The lowest BCUT2D eigenvalue weighted by Gasteiger charge is -2.39. The number of nitrogens with zero attached hydrogens (tertiary/aromatic N) is 2. The fourth-order valence-electron chi connectivity index (χ4n) is 3.51. The first-order valence-electron chi connectivity index (χ1n) is 7.03. The zero-order valence-electron chi connectivity index (χ0n) is 11.5. The van der Waals surface area contributed by atoms with Crippen molar-refractivity contribution in [3.63, 3.8) is 0 Å². The van der Waals surface area contributed by atoms with Crippen LogP contribution < -0.4 is 5.32 Å². The van der Waals surface area contributed by atoms with Gasteiger partial charge in [0.1, 0.15) is 0 Å². The fraction of sp³-hybridized carbons (Fsp3) is 0.786. The van der Waals surface area contributed by atoms with Gasteiger partial charge in [0.25, 0.3) is 0 Å². The quantitative estimate of drug-likeness (QED) is 0.889. The van der Waals surface area contributed by atoms with Gasteiger partial charge in [0.2, 0.25) is 0 Å². The molecule has 1 aromatic rings. The van der Waals surface area contributed by atoms with Gasteiger partial charge in [0.15, 0.2) is 0 Å². The number of nitrogens with one attached hydrogen (secondary N) is 1. The van der Waals surface area contributed by atoms with E-state index in [9.17, 15) is 0 Å². The number of hydrogen-bond donors (Lipinski definition) is 1. The third-order valence-electron chi connectivity index (χ3n) is 4.44. The van der Waals surface area contributed by atoms with Crippen LogP contribution in [-0.4, -0.2) is 36.1 Å². The summed E-state index contributed by atoms with van der Waals surface area (Å²) < 4.78 is 0. The Bertz CT molecular complexity index is 421. The van der Waals surface area contributed by atoms with Crippen LogP contribution in [0.4, 0.5) is 0 Å². The van der Waals surface area contributed by atoms with E-state index in [1.807, 2.05) is 11.3 Å². The Morgan fingerprint density at radius 3 is 2.94 bits per heavy atom. The lowest BCUT2D eigenvalue weighted by molar-refractivity contribution is 0.0984. The zero-order valence-corrected chi connectivity index (χ0v) is 12.3. The Hall–Kier alpha value is -0.450. The lowest BCUT2D eigenvalue weighted by Crippen LogP contribution is -2.43. The van der Waals surface area contributed by atoms with E-state index in [1.54, 1.807) is 0 Å². The largest absolute Gasteiger partial charge is 0.316 e. The van der Waals surface area contributed by atoms with Gasteiger partial charge in [-0.1, -0.05) is 0 Å². The zero-order chi connectivity index (χ0) is 12.6. The van der Waals surface area contributed by atoms with Crippen molar-refractivity contribution in [2.24, 2.45) is 5.41 Å². The summed E-state index contributed by atoms with van der Waals surface area (Å²) in [6.07, 6.45) is 4.14. The number of aryl methyl sites for hydroxylation is 2. The third kappa shape index (κ3) is 2.46. The Morgan fingerprint density at radius 1 is 1.39 bits per heavy atom. The molecular formula is C14H23N3S. The summed E-state index contributed by atoms with van der Waals surface area (Å²) in [6, 6.07) is 0. The average Bonchev–Trinajstić information content (AvgIpc) is 2.88. The van der Waals surface area contributed by atoms with Gasteiger partial charge >= 0.3 is 0 Å². The van der Waals surface area contributed by atoms with Crippen molar-refractivity contribution in [1.29, 1.82) is 0 Å². The molecule has 0 aliphatic carbocycles. The summed E-state index contributed by atoms with van der Waals surface area (Å²) in [5.74, 6) is 0. The van der Waals surface area contributed by atoms with Crippen molar-refractivity contribution in [3.8, 4) is 0 Å². The van der Waals surface area contributed by atoms with Crippen LogP contribution >= 0.6 is 11.3 Å². The first kappa shape index (κ1) is 12.6. The van der Waals surface area contributed by atoms with Gasteiger partial charge in [-0.3, -0.25) is 4.90 Å². The maximum atomic E-state index is 4.55. The van der Waals surface area contributed by atoms with Crippen molar-refractivity contribution in [1.82, 2.24) is 15.2 Å². The lowest BCUT2D eigenvalue weighted by atomic mass is 9.79. The van der Waals surface area contributed by atoms with Crippen LogP contribution in [0.2, 0.25) is 0 Å². The predicted octanol–water partition coefficient (Wildman–Crippen LogP) is 2.34. The van der Waals surface area contributed by atoms with Gasteiger partial charge < -0.3 is 5.32 Å². The number of thiazole rings is 1. The van der Waals surface area contributed by atoms with Gasteiger partial charge in [-0.2, -0.15) is 0 Å². The van der Waals surface area contributed by atoms with E-state index in [1.165, 1.54) is 61.0 Å². The van der Waals surface area contributed by atoms with Gasteiger partial charge in [0.05, 0.1) is 10.7 Å². The number of likely N-dealkylation sites (tertiary alicyclic amines) is 1. The molecule has 0 radical (unpaired) electrons. The highest BCUT2D eigenvalue weighted by Crippen LogP contribution is 2.36. The number of piperidine rings is 1. The third-order valence-corrected chi connectivity index (χ3v) is 5.50. The maximum Gasteiger partial charge on any atom is 0.0900 e. The first-order valence-corrected chi connectivity index (χ1v) is 7.85. The molecular weight excluding hydrogens is 242 g/mol. The molecule has 4 heteroatoms. The minimum absolute atomic E-state index is 0.575. The van der Waals surface area contributed by atoms with Crippen LogP contribution in [0.15, 0.2) is 0 Å². The molecule has 18 heavy (non-hydrogen) atoms. The van der Waals surface area contributed by atoms with E-state index < -0.39 is 0 Å². The molecule has 0 saturated carbocycles. The molecule has 2 fully saturated rings. The number of hydrogen-bond acceptors (Lipinski definition) is 4. The molecule has 3 heterocycles. The minimum atomic E-state index is 0.575. The van der Waals surface area contributed by atoms with Crippen LogP contribution in [0, 0.1) is 19.3 Å². The summed E-state index contributed by atoms with van der Waals surface area (Å²) in [5.41, 5.74) is 1.81. The Labute approximate surface area is 114 Å². The second-order valence-corrected chi connectivity index (χ2v) is 7.27. The molecule has 3 nitrogen and oxygen atoms in total. The topological polar surface area (TPSA) is 28.2 Å². The monoisotopic (exact) mass is 265 g/mol. The molecule has 0 unspecified atom stereocenters. The van der Waals surface area contributed by atoms with E-state index in [2.05, 4.69) is 29.0 Å². The minimum Gasteiger partial charge on any atom is -0.316 e. The molecule has 100 valence electrons. The molecule has 2 saturated heterocycles. The standard InChI is InChI=1S/C14H23N3S/c1-11-13(18-12(2)16-11)8-17-7-3-4-14(10-17)5-6-15-9-14/h15H,3-10H2,1-2H3/t14-/m1/s1. The molecule has 3 rings (SSSR count). The summed E-state index contributed by atoms with van der Waals surface area (Å²) in [4.78, 5) is 8.66. The Kier molecular flexibility index (Phi) is 3.43. The van der Waals surface area contributed by atoms with Crippen LogP contribution in [0.5, 0.6) is 0 Å². The SMILES string of the molecule is Cc1nc(C)c(CN2CCC[C@]3(CCNC3)C2)s1. The van der Waals surface area contributed by atoms with E-state index in [0.717, 1.165) is 6.54 Å². The molecule has 0 amide bonds. The predicted molar refractivity (Wildman–Crippen MR) is 76.0 cm³/mol. The number of rotatable bonds is 2. The van der Waals surface area contributed by atoms with Crippen molar-refractivity contribution in [2.75, 3.05) is 26.2 Å².